The van der Waals surface area contributed by atoms with Gasteiger partial charge in [0.25, 0.3) is 0 Å². The highest BCUT2D eigenvalue weighted by Gasteiger charge is 2.18. The zero-order chi connectivity index (χ0) is 13.0. The summed E-state index contributed by atoms with van der Waals surface area (Å²) in [6.07, 6.45) is 2.89. The molecule has 0 bridgehead atoms. The first-order chi connectivity index (χ1) is 8.72. The summed E-state index contributed by atoms with van der Waals surface area (Å²) in [5, 5.41) is 8.41. The molecule has 2 aromatic rings. The zero-order valence-electron chi connectivity index (χ0n) is 11.4. The lowest BCUT2D eigenvalue weighted by Gasteiger charge is -2.17. The van der Waals surface area contributed by atoms with Gasteiger partial charge in [-0.05, 0) is 17.9 Å². The van der Waals surface area contributed by atoms with Gasteiger partial charge in [-0.1, -0.05) is 51.1 Å². The van der Waals surface area contributed by atoms with Gasteiger partial charge in [-0.25, -0.2) is 0 Å². The summed E-state index contributed by atoms with van der Waals surface area (Å²) in [4.78, 5) is 0. The van der Waals surface area contributed by atoms with E-state index >= 15 is 0 Å². The first kappa shape index (κ1) is 12.8. The van der Waals surface area contributed by atoms with E-state index in [0.29, 0.717) is 11.8 Å². The van der Waals surface area contributed by atoms with Gasteiger partial charge in [-0.3, -0.25) is 0 Å². The maximum Gasteiger partial charge on any atom is 0.140 e. The summed E-state index contributed by atoms with van der Waals surface area (Å²) in [5.74, 6) is 2.03. The van der Waals surface area contributed by atoms with Crippen LogP contribution < -0.4 is 0 Å². The van der Waals surface area contributed by atoms with Crippen LogP contribution in [0.1, 0.15) is 44.5 Å². The summed E-state index contributed by atoms with van der Waals surface area (Å²) in [6, 6.07) is 10.6. The number of hydrogen-bond acceptors (Lipinski definition) is 2. The summed E-state index contributed by atoms with van der Waals surface area (Å²) in [7, 11) is 0. The third-order valence-electron chi connectivity index (χ3n) is 3.13. The Morgan fingerprint density at radius 3 is 2.50 bits per heavy atom. The molecule has 1 aromatic heterocycles. The zero-order valence-corrected chi connectivity index (χ0v) is 11.4. The summed E-state index contributed by atoms with van der Waals surface area (Å²) < 4.78 is 2.19. The molecule has 0 saturated carbocycles. The minimum Gasteiger partial charge on any atom is -0.317 e. The maximum atomic E-state index is 4.33. The Bertz CT molecular complexity index is 473. The second-order valence-corrected chi connectivity index (χ2v) is 5.11. The number of aromatic nitrogens is 3. The highest BCUT2D eigenvalue weighted by atomic mass is 15.3. The van der Waals surface area contributed by atoms with Crippen LogP contribution in [-0.2, 0) is 6.54 Å². The van der Waals surface area contributed by atoms with Crippen molar-refractivity contribution in [3.05, 3.63) is 48.0 Å². The topological polar surface area (TPSA) is 30.7 Å². The Morgan fingerprint density at radius 2 is 1.89 bits per heavy atom. The average molecular weight is 243 g/mol. The van der Waals surface area contributed by atoms with Crippen LogP contribution in [0.25, 0.3) is 0 Å². The van der Waals surface area contributed by atoms with E-state index in [1.54, 1.807) is 0 Å². The fraction of sp³-hybridized carbons (Fsp3) is 0.467. The molecule has 1 unspecified atom stereocenters. The van der Waals surface area contributed by atoms with E-state index in [-0.39, 0.29) is 0 Å². The molecular formula is C15H21N3. The molecule has 0 amide bonds. The van der Waals surface area contributed by atoms with Crippen molar-refractivity contribution in [2.45, 2.75) is 39.7 Å². The lowest BCUT2D eigenvalue weighted by Crippen LogP contribution is -2.12. The van der Waals surface area contributed by atoms with Crippen molar-refractivity contribution in [2.24, 2.45) is 5.92 Å². The molecule has 96 valence electrons. The van der Waals surface area contributed by atoms with E-state index in [4.69, 9.17) is 0 Å². The Balaban J connectivity index is 2.31. The van der Waals surface area contributed by atoms with E-state index in [9.17, 15) is 0 Å². The summed E-state index contributed by atoms with van der Waals surface area (Å²) in [6.45, 7) is 7.61. The largest absolute Gasteiger partial charge is 0.317 e. The van der Waals surface area contributed by atoms with Crippen LogP contribution in [0.4, 0.5) is 0 Å². The molecule has 0 N–H and O–H groups in total. The molecule has 0 aliphatic carbocycles. The Hall–Kier alpha value is -1.64. The molecule has 0 saturated heterocycles. The fourth-order valence-electron chi connectivity index (χ4n) is 2.32. The first-order valence-corrected chi connectivity index (χ1v) is 6.65. The fourth-order valence-corrected chi connectivity index (χ4v) is 2.32. The first-order valence-electron chi connectivity index (χ1n) is 6.65. The Labute approximate surface area is 109 Å². The SMILES string of the molecule is CCC(c1ccccc1)c1nncn1CC(C)C. The quantitative estimate of drug-likeness (QED) is 0.805. The molecule has 2 rings (SSSR count). The Morgan fingerprint density at radius 1 is 1.17 bits per heavy atom. The van der Waals surface area contributed by atoms with Crippen molar-refractivity contribution in [3.8, 4) is 0 Å². The van der Waals surface area contributed by atoms with Crippen molar-refractivity contribution < 1.29 is 0 Å². The second kappa shape index (κ2) is 5.80. The predicted molar refractivity (Wildman–Crippen MR) is 73.4 cm³/mol. The normalized spacial score (nSPS) is 12.9. The highest BCUT2D eigenvalue weighted by Crippen LogP contribution is 2.26. The molecule has 0 spiro atoms. The predicted octanol–water partition coefficient (Wildman–Crippen LogP) is 3.48. The third kappa shape index (κ3) is 2.78. The van der Waals surface area contributed by atoms with Crippen molar-refractivity contribution in [1.29, 1.82) is 0 Å². The molecule has 0 radical (unpaired) electrons. The van der Waals surface area contributed by atoms with Crippen LogP contribution in [0.2, 0.25) is 0 Å². The van der Waals surface area contributed by atoms with Crippen molar-refractivity contribution in [1.82, 2.24) is 14.8 Å². The van der Waals surface area contributed by atoms with E-state index in [1.807, 2.05) is 6.33 Å². The van der Waals surface area contributed by atoms with Crippen LogP contribution >= 0.6 is 0 Å². The maximum absolute atomic E-state index is 4.33. The van der Waals surface area contributed by atoms with Crippen LogP contribution in [0, 0.1) is 5.92 Å². The minimum atomic E-state index is 0.340. The molecule has 0 aliphatic heterocycles. The summed E-state index contributed by atoms with van der Waals surface area (Å²) in [5.41, 5.74) is 1.32. The molecule has 1 atom stereocenters. The summed E-state index contributed by atoms with van der Waals surface area (Å²) >= 11 is 0. The molecule has 3 nitrogen and oxygen atoms in total. The van der Waals surface area contributed by atoms with Gasteiger partial charge in [0.05, 0.1) is 0 Å². The van der Waals surface area contributed by atoms with Crippen LogP contribution in [0.3, 0.4) is 0 Å². The molecule has 1 aromatic carbocycles. The van der Waals surface area contributed by atoms with E-state index in [1.165, 1.54) is 5.56 Å². The van der Waals surface area contributed by atoms with E-state index in [0.717, 1.165) is 18.8 Å². The lowest BCUT2D eigenvalue weighted by atomic mass is 9.95. The van der Waals surface area contributed by atoms with E-state index < -0.39 is 0 Å². The number of benzene rings is 1. The minimum absolute atomic E-state index is 0.340. The van der Waals surface area contributed by atoms with Gasteiger partial charge in [0.15, 0.2) is 0 Å². The Kier molecular flexibility index (Phi) is 4.13. The van der Waals surface area contributed by atoms with Crippen molar-refractivity contribution >= 4 is 0 Å². The molecule has 0 fully saturated rings. The molecular weight excluding hydrogens is 222 g/mol. The molecule has 3 heteroatoms. The van der Waals surface area contributed by atoms with Crippen molar-refractivity contribution in [3.63, 3.8) is 0 Å². The van der Waals surface area contributed by atoms with Gasteiger partial charge < -0.3 is 4.57 Å². The monoisotopic (exact) mass is 243 g/mol. The van der Waals surface area contributed by atoms with Gasteiger partial charge in [-0.2, -0.15) is 0 Å². The number of rotatable bonds is 5. The number of nitrogens with zero attached hydrogens (tertiary/aromatic N) is 3. The number of hydrogen-bond donors (Lipinski definition) is 0. The molecule has 18 heavy (non-hydrogen) atoms. The second-order valence-electron chi connectivity index (χ2n) is 5.11. The third-order valence-corrected chi connectivity index (χ3v) is 3.13. The lowest BCUT2D eigenvalue weighted by molar-refractivity contribution is 0.495. The van der Waals surface area contributed by atoms with Gasteiger partial charge in [0.2, 0.25) is 0 Å². The van der Waals surface area contributed by atoms with Gasteiger partial charge in [0, 0.05) is 12.5 Å². The molecule has 1 heterocycles. The van der Waals surface area contributed by atoms with Crippen molar-refractivity contribution in [2.75, 3.05) is 0 Å². The van der Waals surface area contributed by atoms with Gasteiger partial charge in [-0.15, -0.1) is 10.2 Å². The van der Waals surface area contributed by atoms with E-state index in [2.05, 4.69) is 65.9 Å². The molecule has 0 aliphatic rings. The van der Waals surface area contributed by atoms with Crippen LogP contribution in [0.5, 0.6) is 0 Å². The van der Waals surface area contributed by atoms with Crippen LogP contribution in [0.15, 0.2) is 36.7 Å². The van der Waals surface area contributed by atoms with Crippen LogP contribution in [-0.4, -0.2) is 14.8 Å². The standard InChI is InChI=1S/C15H21N3/c1-4-14(13-8-6-5-7-9-13)15-17-16-11-18(15)10-12(2)3/h5-9,11-12,14H,4,10H2,1-3H3. The highest BCUT2D eigenvalue weighted by molar-refractivity contribution is 5.25. The van der Waals surface area contributed by atoms with Gasteiger partial charge in [0.1, 0.15) is 12.2 Å². The smallest absolute Gasteiger partial charge is 0.140 e. The van der Waals surface area contributed by atoms with Gasteiger partial charge >= 0.3 is 0 Å². The average Bonchev–Trinajstić information content (AvgIpc) is 2.79.